The summed E-state index contributed by atoms with van der Waals surface area (Å²) in [6.07, 6.45) is 0. The number of ether oxygens (including phenoxy) is 1. The second kappa shape index (κ2) is 8.00. The van der Waals surface area contributed by atoms with Crippen molar-refractivity contribution in [1.29, 1.82) is 0 Å². The summed E-state index contributed by atoms with van der Waals surface area (Å²) in [6, 6.07) is 21.6. The first-order valence-corrected chi connectivity index (χ1v) is 11.5. The molecule has 2 heterocycles. The van der Waals surface area contributed by atoms with E-state index in [0.717, 1.165) is 33.3 Å². The highest BCUT2D eigenvalue weighted by molar-refractivity contribution is 7.83. The van der Waals surface area contributed by atoms with Gasteiger partial charge in [-0.3, -0.25) is 9.00 Å². The Hall–Kier alpha value is -3.45. The van der Waals surface area contributed by atoms with E-state index in [-0.39, 0.29) is 12.5 Å². The summed E-state index contributed by atoms with van der Waals surface area (Å²) >= 11 is 0. The molecule has 0 bridgehead atoms. The molecular formula is C24H21N3O3S. The summed E-state index contributed by atoms with van der Waals surface area (Å²) < 4.78 is 19.5. The van der Waals surface area contributed by atoms with Crippen molar-refractivity contribution >= 4 is 33.3 Å². The van der Waals surface area contributed by atoms with Gasteiger partial charge in [-0.15, -0.1) is 0 Å². The van der Waals surface area contributed by atoms with Crippen molar-refractivity contribution < 1.29 is 13.7 Å². The summed E-state index contributed by atoms with van der Waals surface area (Å²) in [5, 5.41) is 9.72. The van der Waals surface area contributed by atoms with Crippen LogP contribution in [0.1, 0.15) is 16.8 Å². The SMILES string of the molecule is Cc1ccc(-n2nc3c(c2NC(=O)COc2ccc4ccccc4c2)CS(=O)C3)cc1. The van der Waals surface area contributed by atoms with Crippen LogP contribution in [0.5, 0.6) is 5.75 Å². The van der Waals surface area contributed by atoms with Gasteiger partial charge in [0.1, 0.15) is 11.6 Å². The monoisotopic (exact) mass is 431 g/mol. The molecule has 3 aromatic carbocycles. The Morgan fingerprint density at radius 3 is 2.65 bits per heavy atom. The van der Waals surface area contributed by atoms with Crippen LogP contribution in [-0.2, 0) is 27.1 Å². The molecule has 1 amide bonds. The minimum absolute atomic E-state index is 0.130. The van der Waals surface area contributed by atoms with Crippen LogP contribution in [0.25, 0.3) is 16.5 Å². The van der Waals surface area contributed by atoms with Crippen LogP contribution in [0.15, 0.2) is 66.7 Å². The number of carbonyl (C=O) groups is 1. The molecule has 156 valence electrons. The van der Waals surface area contributed by atoms with Crippen LogP contribution in [-0.4, -0.2) is 26.5 Å². The van der Waals surface area contributed by atoms with Crippen molar-refractivity contribution in [2.45, 2.75) is 18.4 Å². The minimum atomic E-state index is -0.987. The third-order valence-electron chi connectivity index (χ3n) is 5.30. The molecule has 0 aliphatic carbocycles. The number of aromatic nitrogens is 2. The number of fused-ring (bicyclic) bond motifs is 2. The number of amides is 1. The van der Waals surface area contributed by atoms with Gasteiger partial charge < -0.3 is 10.1 Å². The average Bonchev–Trinajstić information content (AvgIpc) is 3.29. The third-order valence-corrected chi connectivity index (χ3v) is 6.50. The lowest BCUT2D eigenvalue weighted by atomic mass is 10.1. The lowest BCUT2D eigenvalue weighted by Crippen LogP contribution is -2.22. The zero-order valence-corrected chi connectivity index (χ0v) is 17.8. The fourth-order valence-corrected chi connectivity index (χ4v) is 4.97. The maximum absolute atomic E-state index is 12.7. The van der Waals surface area contributed by atoms with Gasteiger partial charge in [-0.1, -0.05) is 48.0 Å². The summed E-state index contributed by atoms with van der Waals surface area (Å²) in [4.78, 5) is 12.7. The molecule has 0 radical (unpaired) electrons. The number of nitrogens with one attached hydrogen (secondary N) is 1. The summed E-state index contributed by atoms with van der Waals surface area (Å²) in [5.74, 6) is 1.71. The molecule has 1 aliphatic rings. The van der Waals surface area contributed by atoms with E-state index in [2.05, 4.69) is 10.4 Å². The first-order valence-electron chi connectivity index (χ1n) is 10.0. The fourth-order valence-electron chi connectivity index (χ4n) is 3.70. The van der Waals surface area contributed by atoms with Crippen molar-refractivity contribution in [3.05, 3.63) is 83.6 Å². The van der Waals surface area contributed by atoms with Gasteiger partial charge in [0.05, 0.1) is 22.9 Å². The molecule has 31 heavy (non-hydrogen) atoms. The Morgan fingerprint density at radius 2 is 1.84 bits per heavy atom. The van der Waals surface area contributed by atoms with E-state index in [0.29, 0.717) is 23.1 Å². The molecule has 1 aromatic heterocycles. The number of carbonyl (C=O) groups excluding carboxylic acids is 1. The third kappa shape index (κ3) is 3.96. The molecule has 0 saturated carbocycles. The first-order chi connectivity index (χ1) is 15.1. The molecule has 4 aromatic rings. The highest BCUT2D eigenvalue weighted by atomic mass is 32.2. The molecule has 1 unspecified atom stereocenters. The Labute approximate surface area is 182 Å². The fraction of sp³-hybridized carbons (Fsp3) is 0.167. The topological polar surface area (TPSA) is 73.2 Å². The predicted molar refractivity (Wildman–Crippen MR) is 122 cm³/mol. The number of nitrogens with zero attached hydrogens (tertiary/aromatic N) is 2. The minimum Gasteiger partial charge on any atom is -0.484 e. The highest BCUT2D eigenvalue weighted by Gasteiger charge is 2.28. The summed E-state index contributed by atoms with van der Waals surface area (Å²) in [5.41, 5.74) is 3.58. The number of rotatable bonds is 5. The standard InChI is InChI=1S/C24H21N3O3S/c1-16-6-9-19(10-7-16)27-24(21-14-31(29)15-22(21)26-27)25-23(28)13-30-20-11-8-17-4-2-3-5-18(17)12-20/h2-12H,13-15H2,1H3,(H,25,28). The van der Waals surface area contributed by atoms with Crippen LogP contribution < -0.4 is 10.1 Å². The van der Waals surface area contributed by atoms with E-state index in [1.54, 1.807) is 4.68 Å². The van der Waals surface area contributed by atoms with Gasteiger partial charge in [-0.05, 0) is 42.0 Å². The van der Waals surface area contributed by atoms with Crippen molar-refractivity contribution in [3.8, 4) is 11.4 Å². The number of anilines is 1. The maximum atomic E-state index is 12.7. The Morgan fingerprint density at radius 1 is 1.06 bits per heavy atom. The normalized spacial score (nSPS) is 15.1. The van der Waals surface area contributed by atoms with E-state index < -0.39 is 10.8 Å². The van der Waals surface area contributed by atoms with Gasteiger partial charge >= 0.3 is 0 Å². The van der Waals surface area contributed by atoms with Crippen LogP contribution >= 0.6 is 0 Å². The van der Waals surface area contributed by atoms with Crippen molar-refractivity contribution in [1.82, 2.24) is 9.78 Å². The number of hydrogen-bond acceptors (Lipinski definition) is 4. The number of hydrogen-bond donors (Lipinski definition) is 1. The van der Waals surface area contributed by atoms with Crippen molar-refractivity contribution in [2.75, 3.05) is 11.9 Å². The van der Waals surface area contributed by atoms with E-state index in [1.807, 2.05) is 73.7 Å². The van der Waals surface area contributed by atoms with Gasteiger partial charge in [0.15, 0.2) is 6.61 Å². The molecular weight excluding hydrogens is 410 g/mol. The number of aryl methyl sites for hydroxylation is 1. The van der Waals surface area contributed by atoms with Gasteiger partial charge in [0, 0.05) is 16.4 Å². The molecule has 0 saturated heterocycles. The molecule has 1 atom stereocenters. The molecule has 0 spiro atoms. The Kier molecular flexibility index (Phi) is 5.03. The van der Waals surface area contributed by atoms with E-state index >= 15 is 0 Å². The van der Waals surface area contributed by atoms with E-state index in [1.165, 1.54) is 0 Å². The molecule has 0 fully saturated rings. The zero-order valence-electron chi connectivity index (χ0n) is 17.0. The second-order valence-electron chi connectivity index (χ2n) is 7.60. The van der Waals surface area contributed by atoms with Gasteiger partial charge in [-0.25, -0.2) is 4.68 Å². The summed E-state index contributed by atoms with van der Waals surface area (Å²) in [7, 11) is -0.987. The molecule has 7 heteroatoms. The van der Waals surface area contributed by atoms with Crippen LogP contribution in [0.4, 0.5) is 5.82 Å². The van der Waals surface area contributed by atoms with E-state index in [9.17, 15) is 9.00 Å². The van der Waals surface area contributed by atoms with Gasteiger partial charge in [0.2, 0.25) is 0 Å². The first kappa shape index (κ1) is 19.5. The maximum Gasteiger partial charge on any atom is 0.263 e. The summed E-state index contributed by atoms with van der Waals surface area (Å²) in [6.45, 7) is 1.89. The smallest absolute Gasteiger partial charge is 0.263 e. The molecule has 1 N–H and O–H groups in total. The van der Waals surface area contributed by atoms with Gasteiger partial charge in [0.25, 0.3) is 5.91 Å². The molecule has 6 nitrogen and oxygen atoms in total. The lowest BCUT2D eigenvalue weighted by Gasteiger charge is -2.12. The van der Waals surface area contributed by atoms with Crippen molar-refractivity contribution in [3.63, 3.8) is 0 Å². The Balaban J connectivity index is 1.36. The quantitative estimate of drug-likeness (QED) is 0.516. The second-order valence-corrected chi connectivity index (χ2v) is 9.05. The molecule has 5 rings (SSSR count). The average molecular weight is 432 g/mol. The Bertz CT molecular complexity index is 1310. The van der Waals surface area contributed by atoms with Crippen molar-refractivity contribution in [2.24, 2.45) is 0 Å². The highest BCUT2D eigenvalue weighted by Crippen LogP contribution is 2.31. The van der Waals surface area contributed by atoms with Gasteiger partial charge in [-0.2, -0.15) is 5.10 Å². The lowest BCUT2D eigenvalue weighted by molar-refractivity contribution is -0.118. The molecule has 1 aliphatic heterocycles. The zero-order chi connectivity index (χ0) is 21.4. The largest absolute Gasteiger partial charge is 0.484 e. The van der Waals surface area contributed by atoms with Crippen LogP contribution in [0.2, 0.25) is 0 Å². The predicted octanol–water partition coefficient (Wildman–Crippen LogP) is 4.11. The van der Waals surface area contributed by atoms with E-state index in [4.69, 9.17) is 4.74 Å². The van der Waals surface area contributed by atoms with Crippen LogP contribution in [0, 0.1) is 6.92 Å². The number of benzene rings is 3. The van der Waals surface area contributed by atoms with Crippen LogP contribution in [0.3, 0.4) is 0 Å².